The summed E-state index contributed by atoms with van der Waals surface area (Å²) in [6.07, 6.45) is 1.04. The predicted octanol–water partition coefficient (Wildman–Crippen LogP) is 2.77. The minimum atomic E-state index is -3.54. The van der Waals surface area contributed by atoms with Gasteiger partial charge in [-0.15, -0.1) is 10.2 Å². The van der Waals surface area contributed by atoms with E-state index in [-0.39, 0.29) is 10.8 Å². The number of aryl methyl sites for hydroxylation is 1. The number of amides is 1. The number of benzene rings is 1. The lowest BCUT2D eigenvalue weighted by Gasteiger charge is -2.34. The highest BCUT2D eigenvalue weighted by Crippen LogP contribution is 2.27. The molecule has 7 nitrogen and oxygen atoms in total. The van der Waals surface area contributed by atoms with E-state index in [1.54, 1.807) is 11.2 Å². The lowest BCUT2D eigenvalue weighted by atomic mass is 9.94. The first-order valence-corrected chi connectivity index (χ1v) is 10.7. The number of nitrogens with zero attached hydrogens (tertiary/aromatic N) is 3. The van der Waals surface area contributed by atoms with Crippen molar-refractivity contribution in [3.63, 3.8) is 0 Å². The summed E-state index contributed by atoms with van der Waals surface area (Å²) in [6.45, 7) is 7.01. The Bertz CT molecular complexity index is 883. The quantitative estimate of drug-likeness (QED) is 0.861. The van der Waals surface area contributed by atoms with Gasteiger partial charge in [0.1, 0.15) is 5.01 Å². The highest BCUT2D eigenvalue weighted by Gasteiger charge is 2.31. The summed E-state index contributed by atoms with van der Waals surface area (Å²) in [6, 6.07) is 6.01. The topological polar surface area (TPSA) is 92.3 Å². The fourth-order valence-electron chi connectivity index (χ4n) is 3.25. The molecular weight excluding hydrogens is 372 g/mol. The van der Waals surface area contributed by atoms with Gasteiger partial charge in [-0.2, -0.15) is 4.31 Å². The average Bonchev–Trinajstić information content (AvgIpc) is 2.99. The largest absolute Gasteiger partial charge is 0.296 e. The van der Waals surface area contributed by atoms with Crippen molar-refractivity contribution in [2.75, 3.05) is 18.4 Å². The second-order valence-electron chi connectivity index (χ2n) is 6.87. The van der Waals surface area contributed by atoms with Gasteiger partial charge in [-0.1, -0.05) is 25.2 Å². The number of anilines is 1. The average molecular weight is 395 g/mol. The minimum Gasteiger partial charge on any atom is -0.296 e. The van der Waals surface area contributed by atoms with Gasteiger partial charge in [-0.25, -0.2) is 8.42 Å². The van der Waals surface area contributed by atoms with Crippen LogP contribution in [0.1, 0.15) is 35.6 Å². The maximum Gasteiger partial charge on any atom is 0.257 e. The number of rotatable bonds is 4. The van der Waals surface area contributed by atoms with Crippen LogP contribution < -0.4 is 5.32 Å². The van der Waals surface area contributed by atoms with Gasteiger partial charge in [0, 0.05) is 18.7 Å². The van der Waals surface area contributed by atoms with Crippen LogP contribution in [0.15, 0.2) is 29.2 Å². The number of nitrogens with one attached hydrogen (secondary N) is 1. The third-order valence-corrected chi connectivity index (χ3v) is 6.94. The van der Waals surface area contributed by atoms with E-state index in [2.05, 4.69) is 29.4 Å². The van der Waals surface area contributed by atoms with Crippen molar-refractivity contribution in [1.82, 2.24) is 14.5 Å². The van der Waals surface area contributed by atoms with Crippen LogP contribution in [0.4, 0.5) is 5.13 Å². The molecule has 9 heteroatoms. The van der Waals surface area contributed by atoms with Gasteiger partial charge in [0.2, 0.25) is 15.2 Å². The molecule has 1 aliphatic heterocycles. The first-order chi connectivity index (χ1) is 12.3. The Morgan fingerprint density at radius 2 is 1.77 bits per heavy atom. The Balaban J connectivity index is 1.75. The fraction of sp³-hybridized carbons (Fsp3) is 0.471. The summed E-state index contributed by atoms with van der Waals surface area (Å²) in [5.74, 6) is 0.341. The molecule has 1 saturated heterocycles. The summed E-state index contributed by atoms with van der Waals surface area (Å²) in [5, 5.41) is 11.5. The molecule has 3 rings (SSSR count). The molecule has 140 valence electrons. The number of hydrogen-bond acceptors (Lipinski definition) is 6. The van der Waals surface area contributed by atoms with E-state index < -0.39 is 10.0 Å². The molecular formula is C17H22N4O3S2. The van der Waals surface area contributed by atoms with Crippen LogP contribution in [0, 0.1) is 18.8 Å². The molecule has 0 bridgehead atoms. The number of aromatic nitrogens is 2. The molecule has 26 heavy (non-hydrogen) atoms. The lowest BCUT2D eigenvalue weighted by Crippen LogP contribution is -2.42. The van der Waals surface area contributed by atoms with Crippen molar-refractivity contribution in [2.45, 2.75) is 32.1 Å². The zero-order chi connectivity index (χ0) is 18.9. The van der Waals surface area contributed by atoms with Crippen LogP contribution in [-0.4, -0.2) is 41.9 Å². The highest BCUT2D eigenvalue weighted by molar-refractivity contribution is 7.89. The van der Waals surface area contributed by atoms with E-state index in [1.165, 1.54) is 35.6 Å². The normalized spacial score (nSPS) is 21.5. The number of piperidine rings is 1. The van der Waals surface area contributed by atoms with Gasteiger partial charge < -0.3 is 0 Å². The molecule has 0 aliphatic carbocycles. The molecule has 1 aromatic carbocycles. The first kappa shape index (κ1) is 18.9. The van der Waals surface area contributed by atoms with Crippen molar-refractivity contribution < 1.29 is 13.2 Å². The summed E-state index contributed by atoms with van der Waals surface area (Å²) in [7, 11) is -3.54. The maximum atomic E-state index is 12.9. The van der Waals surface area contributed by atoms with E-state index in [0.29, 0.717) is 35.6 Å². The maximum absolute atomic E-state index is 12.9. The second-order valence-corrected chi connectivity index (χ2v) is 9.99. The Hall–Kier alpha value is -1.84. The molecule has 2 heterocycles. The van der Waals surface area contributed by atoms with Crippen LogP contribution in [0.25, 0.3) is 0 Å². The third-order valence-electron chi connectivity index (χ3n) is 4.34. The van der Waals surface area contributed by atoms with Crippen molar-refractivity contribution in [3.8, 4) is 0 Å². The van der Waals surface area contributed by atoms with Crippen LogP contribution in [0.2, 0.25) is 0 Å². The summed E-state index contributed by atoms with van der Waals surface area (Å²) < 4.78 is 27.3. The molecule has 0 spiro atoms. The van der Waals surface area contributed by atoms with E-state index in [4.69, 9.17) is 0 Å². The molecule has 1 amide bonds. The van der Waals surface area contributed by atoms with E-state index in [1.807, 2.05) is 0 Å². The van der Waals surface area contributed by atoms with E-state index in [9.17, 15) is 13.2 Å². The van der Waals surface area contributed by atoms with E-state index >= 15 is 0 Å². The van der Waals surface area contributed by atoms with Gasteiger partial charge in [0.05, 0.1) is 4.90 Å². The monoisotopic (exact) mass is 394 g/mol. The Morgan fingerprint density at radius 3 is 2.31 bits per heavy atom. The van der Waals surface area contributed by atoms with Crippen molar-refractivity contribution in [2.24, 2.45) is 11.8 Å². The number of carbonyl (C=O) groups excluding carboxylic acids is 1. The van der Waals surface area contributed by atoms with Crippen LogP contribution in [-0.2, 0) is 10.0 Å². The Labute approximate surface area is 157 Å². The van der Waals surface area contributed by atoms with Crippen molar-refractivity contribution in [3.05, 3.63) is 34.8 Å². The first-order valence-electron chi connectivity index (χ1n) is 8.47. The molecule has 0 radical (unpaired) electrons. The number of sulfonamides is 1. The second kappa shape index (κ2) is 7.42. The summed E-state index contributed by atoms with van der Waals surface area (Å²) in [4.78, 5) is 12.5. The molecule has 2 unspecified atom stereocenters. The van der Waals surface area contributed by atoms with Gasteiger partial charge >= 0.3 is 0 Å². The molecule has 2 aromatic rings. The third kappa shape index (κ3) is 4.11. The minimum absolute atomic E-state index is 0.210. The van der Waals surface area contributed by atoms with Crippen molar-refractivity contribution in [1.29, 1.82) is 0 Å². The number of hydrogen-bond donors (Lipinski definition) is 1. The standard InChI is InChI=1S/C17H22N4O3S2/c1-11-8-12(2)10-21(9-11)26(23,24)15-6-4-14(5-7-15)16(22)18-17-20-19-13(3)25-17/h4-7,11-12H,8-10H2,1-3H3,(H,18,20,22). The van der Waals surface area contributed by atoms with Gasteiger partial charge in [0.15, 0.2) is 0 Å². The predicted molar refractivity (Wildman–Crippen MR) is 101 cm³/mol. The smallest absolute Gasteiger partial charge is 0.257 e. The van der Waals surface area contributed by atoms with Gasteiger partial charge in [-0.05, 0) is 49.4 Å². The molecule has 0 saturated carbocycles. The fourth-order valence-corrected chi connectivity index (χ4v) is 5.51. The molecule has 2 atom stereocenters. The van der Waals surface area contributed by atoms with Crippen molar-refractivity contribution >= 4 is 32.4 Å². The molecule has 1 fully saturated rings. The van der Waals surface area contributed by atoms with Gasteiger partial charge in [0.25, 0.3) is 5.91 Å². The van der Waals surface area contributed by atoms with Crippen LogP contribution >= 0.6 is 11.3 Å². The zero-order valence-corrected chi connectivity index (χ0v) is 16.6. The molecule has 1 aromatic heterocycles. The van der Waals surface area contributed by atoms with Crippen LogP contribution in [0.5, 0.6) is 0 Å². The highest BCUT2D eigenvalue weighted by atomic mass is 32.2. The molecule has 1 N–H and O–H groups in total. The summed E-state index contributed by atoms with van der Waals surface area (Å²) in [5.41, 5.74) is 0.372. The molecule has 1 aliphatic rings. The zero-order valence-electron chi connectivity index (χ0n) is 15.0. The summed E-state index contributed by atoms with van der Waals surface area (Å²) >= 11 is 1.28. The van der Waals surface area contributed by atoms with Crippen LogP contribution in [0.3, 0.4) is 0 Å². The van der Waals surface area contributed by atoms with E-state index in [0.717, 1.165) is 11.4 Å². The Kier molecular flexibility index (Phi) is 5.40. The van der Waals surface area contributed by atoms with Gasteiger partial charge in [-0.3, -0.25) is 10.1 Å². The lowest BCUT2D eigenvalue weighted by molar-refractivity contribution is 0.102. The Morgan fingerprint density at radius 1 is 1.15 bits per heavy atom. The SMILES string of the molecule is Cc1nnc(NC(=O)c2ccc(S(=O)(=O)N3CC(C)CC(C)C3)cc2)s1. The number of carbonyl (C=O) groups is 1.